The minimum Gasteiger partial charge on any atom is -0.371 e. The summed E-state index contributed by atoms with van der Waals surface area (Å²) in [5.41, 5.74) is 4.32. The van der Waals surface area contributed by atoms with Gasteiger partial charge in [-0.25, -0.2) is 23.1 Å². The number of likely N-dealkylation sites (N-methyl/N-ethyl adjacent to an activating group) is 1. The Balaban J connectivity index is 1.52. The lowest BCUT2D eigenvalue weighted by atomic mass is 9.99. The highest BCUT2D eigenvalue weighted by Gasteiger charge is 2.35. The van der Waals surface area contributed by atoms with Crippen molar-refractivity contribution < 1.29 is 13.2 Å². The summed E-state index contributed by atoms with van der Waals surface area (Å²) in [7, 11) is 6.01. The molecule has 3 aromatic rings. The predicted molar refractivity (Wildman–Crippen MR) is 226 cm³/mol. The Kier molecular flexibility index (Phi) is 14.6. The summed E-state index contributed by atoms with van der Waals surface area (Å²) in [6.07, 6.45) is 4.43. The number of nitrogens with one attached hydrogen (secondary N) is 1. The number of allylic oxidation sites excluding steroid dienone is 1. The molecule has 0 amide bonds. The van der Waals surface area contributed by atoms with Crippen molar-refractivity contribution in [2.45, 2.75) is 78.9 Å². The molecule has 0 aliphatic carbocycles. The molecular formula is C43H61F3N10. The van der Waals surface area contributed by atoms with Crippen LogP contribution in [0.4, 0.5) is 30.4 Å². The quantitative estimate of drug-likeness (QED) is 0.113. The lowest BCUT2D eigenvalue weighted by Crippen LogP contribution is -2.45. The molecule has 0 spiro atoms. The van der Waals surface area contributed by atoms with Crippen LogP contribution >= 0.6 is 0 Å². The van der Waals surface area contributed by atoms with E-state index in [1.165, 1.54) is 17.3 Å². The molecule has 1 N–H and O–H groups in total. The predicted octanol–water partition coefficient (Wildman–Crippen LogP) is 8.09. The van der Waals surface area contributed by atoms with E-state index in [1.807, 2.05) is 46.1 Å². The normalized spacial score (nSPS) is 20.4. The minimum absolute atomic E-state index is 0.0256. The third kappa shape index (κ3) is 10.1. The number of hydrogen-bond acceptors (Lipinski definition) is 10. The maximum Gasteiger partial charge on any atom is 0.153 e. The van der Waals surface area contributed by atoms with Gasteiger partial charge in [0.05, 0.1) is 18.6 Å². The number of pyridine rings is 1. The number of anilines is 3. The van der Waals surface area contributed by atoms with Crippen LogP contribution in [0.2, 0.25) is 0 Å². The average Bonchev–Trinajstić information content (AvgIpc) is 3.54. The van der Waals surface area contributed by atoms with Crippen molar-refractivity contribution in [3.63, 3.8) is 0 Å². The van der Waals surface area contributed by atoms with Gasteiger partial charge in [0, 0.05) is 80.8 Å². The number of aliphatic imine (C=N–C) groups is 1. The summed E-state index contributed by atoms with van der Waals surface area (Å²) >= 11 is 0. The van der Waals surface area contributed by atoms with Gasteiger partial charge in [0.1, 0.15) is 29.0 Å². The van der Waals surface area contributed by atoms with E-state index < -0.39 is 11.6 Å². The van der Waals surface area contributed by atoms with E-state index in [0.29, 0.717) is 25.0 Å². The molecule has 1 aromatic heterocycles. The number of likely N-dealkylation sites (tertiary alicyclic amines) is 1. The molecule has 1 fully saturated rings. The van der Waals surface area contributed by atoms with Crippen LogP contribution in [-0.4, -0.2) is 116 Å². The molecule has 4 unspecified atom stereocenters. The van der Waals surface area contributed by atoms with Gasteiger partial charge in [-0.3, -0.25) is 4.90 Å². The Morgan fingerprint density at radius 3 is 2.48 bits per heavy atom. The Morgan fingerprint density at radius 2 is 1.80 bits per heavy atom. The van der Waals surface area contributed by atoms with Gasteiger partial charge >= 0.3 is 0 Å². The second-order valence-electron chi connectivity index (χ2n) is 15.6. The van der Waals surface area contributed by atoms with E-state index in [0.717, 1.165) is 85.4 Å². The molecule has 4 bridgehead atoms. The summed E-state index contributed by atoms with van der Waals surface area (Å²) in [5, 5.41) is 11.7. The monoisotopic (exact) mass is 775 g/mol. The summed E-state index contributed by atoms with van der Waals surface area (Å²) < 4.78 is 44.3. The first-order valence-electron chi connectivity index (χ1n) is 19.9. The molecule has 0 radical (unpaired) electrons. The Hall–Kier alpha value is -4.46. The van der Waals surface area contributed by atoms with Crippen molar-refractivity contribution >= 4 is 30.1 Å². The fraction of sp³-hybridized carbons (Fsp3) is 0.512. The molecule has 3 heterocycles. The number of hydrazone groups is 1. The third-order valence-electron chi connectivity index (χ3n) is 11.3. The summed E-state index contributed by atoms with van der Waals surface area (Å²) in [4.78, 5) is 18.8. The lowest BCUT2D eigenvalue weighted by molar-refractivity contribution is 0.134. The topological polar surface area (TPSA) is 69.1 Å². The van der Waals surface area contributed by atoms with Crippen molar-refractivity contribution in [3.8, 4) is 11.3 Å². The summed E-state index contributed by atoms with van der Waals surface area (Å²) in [5.74, 6) is 0.120. The number of hydrazine groups is 1. The first-order chi connectivity index (χ1) is 26.8. The largest absolute Gasteiger partial charge is 0.371 e. The van der Waals surface area contributed by atoms with Gasteiger partial charge in [-0.1, -0.05) is 26.3 Å². The zero-order chi connectivity index (χ0) is 40.7. The Bertz CT molecular complexity index is 1870. The first kappa shape index (κ1) is 42.7. The second kappa shape index (κ2) is 19.1. The van der Waals surface area contributed by atoms with Crippen molar-refractivity contribution in [1.82, 2.24) is 24.7 Å². The Labute approximate surface area is 332 Å². The van der Waals surface area contributed by atoms with E-state index in [-0.39, 0.29) is 29.6 Å². The smallest absolute Gasteiger partial charge is 0.153 e. The van der Waals surface area contributed by atoms with E-state index in [9.17, 15) is 4.39 Å². The number of hydrogen-bond donors (Lipinski definition) is 1. The maximum absolute atomic E-state index is 15.3. The van der Waals surface area contributed by atoms with Gasteiger partial charge in [0.15, 0.2) is 5.82 Å². The molecule has 56 heavy (non-hydrogen) atoms. The number of rotatable bonds is 12. The van der Waals surface area contributed by atoms with Gasteiger partial charge in [-0.2, -0.15) is 15.2 Å². The van der Waals surface area contributed by atoms with Crippen LogP contribution in [0, 0.1) is 30.3 Å². The van der Waals surface area contributed by atoms with Crippen LogP contribution in [0.15, 0.2) is 70.0 Å². The molecule has 2 aliphatic rings. The summed E-state index contributed by atoms with van der Waals surface area (Å²) in [6, 6.07) is 13.0. The van der Waals surface area contributed by atoms with Crippen molar-refractivity contribution in [1.29, 1.82) is 0 Å². The van der Waals surface area contributed by atoms with E-state index >= 15 is 8.78 Å². The van der Waals surface area contributed by atoms with Crippen LogP contribution in [0.1, 0.15) is 59.4 Å². The molecule has 2 aliphatic heterocycles. The van der Waals surface area contributed by atoms with E-state index in [4.69, 9.17) is 10.1 Å². The average molecular weight is 775 g/mol. The number of benzene rings is 2. The number of nitrogens with zero attached hydrogens (tertiary/aromatic N) is 9. The summed E-state index contributed by atoms with van der Waals surface area (Å²) in [6.45, 7) is 20.9. The first-order valence-corrected chi connectivity index (χ1v) is 19.9. The molecule has 0 saturated carbocycles. The molecule has 4 atom stereocenters. The fourth-order valence-electron chi connectivity index (χ4n) is 8.01. The highest BCUT2D eigenvalue weighted by Crippen LogP contribution is 2.36. The lowest BCUT2D eigenvalue weighted by Gasteiger charge is -2.35. The molecule has 1 saturated heterocycles. The number of aromatic nitrogens is 1. The van der Waals surface area contributed by atoms with Crippen LogP contribution < -0.4 is 15.3 Å². The van der Waals surface area contributed by atoms with Gasteiger partial charge in [-0.15, -0.1) is 0 Å². The van der Waals surface area contributed by atoms with Gasteiger partial charge in [-0.05, 0) is 109 Å². The van der Waals surface area contributed by atoms with Crippen LogP contribution in [-0.2, 0) is 0 Å². The van der Waals surface area contributed by atoms with Crippen LogP contribution in [0.3, 0.4) is 0 Å². The SMILES string of the molecule is C=N/C(=C(C)/C=N\N(c1ccc(F)cc1F)N(C)CN(C)C(C)CC)N1CC2CC1CN(C)CC(CC)CN(CC)c1c(C)cc(F)cc1-c1cccc(n1)N2. The molecule has 2 aromatic carbocycles. The van der Waals surface area contributed by atoms with Crippen LogP contribution in [0.25, 0.3) is 11.3 Å². The Morgan fingerprint density at radius 1 is 1.04 bits per heavy atom. The molecule has 304 valence electrons. The van der Waals surface area contributed by atoms with E-state index in [1.54, 1.807) is 23.4 Å². The molecular weight excluding hydrogens is 714 g/mol. The van der Waals surface area contributed by atoms with E-state index in [2.05, 4.69) is 71.4 Å². The number of halogens is 3. The highest BCUT2D eigenvalue weighted by molar-refractivity contribution is 5.80. The van der Waals surface area contributed by atoms with Gasteiger partial charge < -0.3 is 20.0 Å². The van der Waals surface area contributed by atoms with Crippen molar-refractivity contribution in [2.24, 2.45) is 16.0 Å². The van der Waals surface area contributed by atoms with Gasteiger partial charge in [0.25, 0.3) is 0 Å². The number of fused-ring (bicyclic) bond motifs is 6. The second-order valence-corrected chi connectivity index (χ2v) is 15.6. The van der Waals surface area contributed by atoms with Crippen molar-refractivity contribution in [2.75, 3.05) is 75.9 Å². The van der Waals surface area contributed by atoms with Crippen molar-refractivity contribution in [3.05, 3.63) is 82.9 Å². The maximum atomic E-state index is 15.3. The minimum atomic E-state index is -0.714. The zero-order valence-corrected chi connectivity index (χ0v) is 34.7. The molecule has 10 nitrogen and oxygen atoms in total. The van der Waals surface area contributed by atoms with Gasteiger partial charge in [0.2, 0.25) is 0 Å². The van der Waals surface area contributed by atoms with Crippen LogP contribution in [0.5, 0.6) is 0 Å². The number of aryl methyl sites for hydroxylation is 1. The zero-order valence-electron chi connectivity index (χ0n) is 34.7. The third-order valence-corrected chi connectivity index (χ3v) is 11.3. The standard InChI is InChI=1S/C43H61F3N10/c1-11-31(6)52(9)28-53(10)56(40-18-17-33(44)21-38(40)46)48-23-30(5)43(47-7)55-26-35-22-36(55)27-51(8)24-32(12-2)25-54(13-3)42-29(4)19-34(45)20-37(42)39-15-14-16-41(49-35)50-39/h14-21,23,31-32,35-36H,7,11-13,22,24-28H2,1-6,8-10H3,(H,49,50)/b43-30-,48-23-. The molecule has 5 rings (SSSR count). The molecule has 13 heteroatoms. The highest BCUT2D eigenvalue weighted by atomic mass is 19.1. The fourth-order valence-corrected chi connectivity index (χ4v) is 8.01.